The summed E-state index contributed by atoms with van der Waals surface area (Å²) in [7, 11) is 0. The third-order valence-corrected chi connectivity index (χ3v) is 5.95. The van der Waals surface area contributed by atoms with E-state index in [0.29, 0.717) is 0 Å². The summed E-state index contributed by atoms with van der Waals surface area (Å²) in [5.74, 6) is 3.22. The van der Waals surface area contributed by atoms with E-state index in [4.69, 9.17) is 5.73 Å². The fourth-order valence-corrected chi connectivity index (χ4v) is 5.54. The minimum absolute atomic E-state index is 0.0148. The summed E-state index contributed by atoms with van der Waals surface area (Å²) in [6.07, 6.45) is 8.41. The number of rotatable bonds is 3. The molecule has 4 fully saturated rings. The van der Waals surface area contributed by atoms with Gasteiger partial charge >= 0.3 is 5.69 Å². The second-order valence-electron chi connectivity index (χ2n) is 7.38. The molecule has 4 saturated carbocycles. The van der Waals surface area contributed by atoms with Crippen molar-refractivity contribution in [1.82, 2.24) is 14.8 Å². The molecule has 4 aliphatic carbocycles. The zero-order chi connectivity index (χ0) is 13.9. The summed E-state index contributed by atoms with van der Waals surface area (Å²) in [5.41, 5.74) is 6.15. The highest BCUT2D eigenvalue weighted by Gasteiger charge is 2.53. The Hall–Kier alpha value is -1.10. The minimum Gasteiger partial charge on any atom is -0.321 e. The normalized spacial score (nSPS) is 40.2. The van der Waals surface area contributed by atoms with Gasteiger partial charge in [0.25, 0.3) is 0 Å². The molecule has 5 rings (SSSR count). The Balaban J connectivity index is 1.81. The molecule has 1 aromatic rings. The molecule has 3 N–H and O–H groups in total. The van der Waals surface area contributed by atoms with Crippen molar-refractivity contribution in [3.8, 4) is 0 Å². The van der Waals surface area contributed by atoms with Gasteiger partial charge in [0.2, 0.25) is 0 Å². The van der Waals surface area contributed by atoms with Gasteiger partial charge in [0.1, 0.15) is 0 Å². The van der Waals surface area contributed by atoms with Crippen LogP contribution in [0.1, 0.15) is 63.7 Å². The number of hydrogen-bond donors (Lipinski definition) is 2. The fourth-order valence-electron chi connectivity index (χ4n) is 5.54. The molecule has 0 aliphatic heterocycles. The molecule has 0 radical (unpaired) electrons. The van der Waals surface area contributed by atoms with Crippen LogP contribution in [0.15, 0.2) is 4.79 Å². The number of hydrogen-bond acceptors (Lipinski definition) is 3. The summed E-state index contributed by atoms with van der Waals surface area (Å²) in [5, 5.41) is 6.90. The van der Waals surface area contributed by atoms with Gasteiger partial charge in [-0.05, 0) is 62.7 Å². The van der Waals surface area contributed by atoms with Gasteiger partial charge in [-0.3, -0.25) is 4.57 Å². The first-order valence-corrected chi connectivity index (χ1v) is 8.04. The van der Waals surface area contributed by atoms with Crippen molar-refractivity contribution in [2.45, 2.75) is 63.5 Å². The van der Waals surface area contributed by atoms with Crippen molar-refractivity contribution in [2.24, 2.45) is 23.5 Å². The second-order valence-corrected chi connectivity index (χ2v) is 7.38. The lowest BCUT2D eigenvalue weighted by Gasteiger charge is -2.57. The lowest BCUT2D eigenvalue weighted by molar-refractivity contribution is -0.0465. The van der Waals surface area contributed by atoms with Crippen molar-refractivity contribution in [2.75, 3.05) is 0 Å². The SMILES string of the molecule is CC[C@H](N)c1n[nH]c(=O)n1C12CC3CC(CC(C3)C1)C2. The highest BCUT2D eigenvalue weighted by atomic mass is 16.1. The van der Waals surface area contributed by atoms with E-state index in [2.05, 4.69) is 10.2 Å². The third kappa shape index (κ3) is 1.65. The summed E-state index contributed by atoms with van der Waals surface area (Å²) in [6, 6.07) is -0.137. The van der Waals surface area contributed by atoms with E-state index in [9.17, 15) is 4.79 Å². The van der Waals surface area contributed by atoms with E-state index >= 15 is 0 Å². The number of nitrogens with zero attached hydrogens (tertiary/aromatic N) is 2. The second kappa shape index (κ2) is 4.20. The summed E-state index contributed by atoms with van der Waals surface area (Å²) in [4.78, 5) is 12.4. The van der Waals surface area contributed by atoms with Crippen LogP contribution in [0.3, 0.4) is 0 Å². The molecule has 0 unspecified atom stereocenters. The van der Waals surface area contributed by atoms with E-state index in [1.807, 2.05) is 11.5 Å². The van der Waals surface area contributed by atoms with Crippen molar-refractivity contribution < 1.29 is 0 Å². The van der Waals surface area contributed by atoms with E-state index in [1.165, 1.54) is 19.3 Å². The maximum atomic E-state index is 12.4. The van der Waals surface area contributed by atoms with Crippen LogP contribution >= 0.6 is 0 Å². The van der Waals surface area contributed by atoms with Gasteiger partial charge in [0.15, 0.2) is 5.82 Å². The quantitative estimate of drug-likeness (QED) is 0.885. The third-order valence-electron chi connectivity index (χ3n) is 5.95. The van der Waals surface area contributed by atoms with Gasteiger partial charge in [0.05, 0.1) is 11.6 Å². The maximum absolute atomic E-state index is 12.4. The first-order chi connectivity index (χ1) is 9.61. The van der Waals surface area contributed by atoms with Crippen molar-refractivity contribution >= 4 is 0 Å². The summed E-state index contributed by atoms with van der Waals surface area (Å²) < 4.78 is 1.96. The van der Waals surface area contributed by atoms with Gasteiger partial charge in [-0.1, -0.05) is 6.92 Å². The van der Waals surface area contributed by atoms with E-state index < -0.39 is 0 Å². The molecule has 4 aliphatic rings. The van der Waals surface area contributed by atoms with Crippen LogP contribution in [0, 0.1) is 17.8 Å². The molecule has 110 valence electrons. The molecule has 1 heterocycles. The van der Waals surface area contributed by atoms with Gasteiger partial charge in [-0.15, -0.1) is 0 Å². The molecule has 20 heavy (non-hydrogen) atoms. The Morgan fingerprint density at radius 1 is 1.30 bits per heavy atom. The largest absolute Gasteiger partial charge is 0.343 e. The fraction of sp³-hybridized carbons (Fsp3) is 0.867. The van der Waals surface area contributed by atoms with Crippen molar-refractivity contribution in [3.63, 3.8) is 0 Å². The molecule has 0 aromatic carbocycles. The lowest BCUT2D eigenvalue weighted by Crippen LogP contribution is -2.55. The zero-order valence-corrected chi connectivity index (χ0v) is 12.1. The van der Waals surface area contributed by atoms with Crippen LogP contribution in [0.25, 0.3) is 0 Å². The number of aromatic amines is 1. The highest BCUT2D eigenvalue weighted by molar-refractivity contribution is 5.10. The van der Waals surface area contributed by atoms with Crippen LogP contribution < -0.4 is 11.4 Å². The molecular weight excluding hydrogens is 252 g/mol. The molecule has 0 spiro atoms. The molecule has 1 atom stereocenters. The van der Waals surface area contributed by atoms with Gasteiger partial charge in [-0.2, -0.15) is 5.10 Å². The Labute approximate surface area is 118 Å². The van der Waals surface area contributed by atoms with Crippen LogP contribution in [0.4, 0.5) is 0 Å². The topological polar surface area (TPSA) is 76.7 Å². The van der Waals surface area contributed by atoms with Crippen LogP contribution in [0.5, 0.6) is 0 Å². The van der Waals surface area contributed by atoms with Gasteiger partial charge in [0, 0.05) is 0 Å². The number of nitrogens with one attached hydrogen (secondary N) is 1. The monoisotopic (exact) mass is 276 g/mol. The van der Waals surface area contributed by atoms with Crippen LogP contribution in [-0.2, 0) is 5.54 Å². The van der Waals surface area contributed by atoms with Crippen molar-refractivity contribution in [1.29, 1.82) is 0 Å². The standard InChI is InChI=1S/C15H24N4O/c1-2-12(16)13-17-18-14(20)19(13)15-6-9-3-10(7-15)5-11(4-9)8-15/h9-12H,2-8,16H2,1H3,(H,18,20)/t9?,10?,11?,12-,15?/m0/s1. The Morgan fingerprint density at radius 2 is 1.85 bits per heavy atom. The number of H-pyrrole nitrogens is 1. The number of nitrogens with two attached hydrogens (primary N) is 1. The molecule has 4 bridgehead atoms. The first kappa shape index (κ1) is 12.6. The lowest BCUT2D eigenvalue weighted by atomic mass is 9.53. The molecule has 1 aromatic heterocycles. The molecule has 5 heteroatoms. The summed E-state index contributed by atoms with van der Waals surface area (Å²) in [6.45, 7) is 2.05. The Bertz CT molecular complexity index is 537. The van der Waals surface area contributed by atoms with Gasteiger partial charge < -0.3 is 5.73 Å². The average molecular weight is 276 g/mol. The first-order valence-electron chi connectivity index (χ1n) is 8.04. The predicted octanol–water partition coefficient (Wildman–Crippen LogP) is 1.91. The summed E-state index contributed by atoms with van der Waals surface area (Å²) >= 11 is 0. The number of aromatic nitrogens is 3. The Kier molecular flexibility index (Phi) is 2.65. The molecule has 5 nitrogen and oxygen atoms in total. The van der Waals surface area contributed by atoms with Crippen LogP contribution in [-0.4, -0.2) is 14.8 Å². The molecule has 0 saturated heterocycles. The predicted molar refractivity (Wildman–Crippen MR) is 76.2 cm³/mol. The van der Waals surface area contributed by atoms with E-state index in [1.54, 1.807) is 0 Å². The molecular formula is C15H24N4O. The maximum Gasteiger partial charge on any atom is 0.343 e. The van der Waals surface area contributed by atoms with E-state index in [-0.39, 0.29) is 17.3 Å². The highest BCUT2D eigenvalue weighted by Crippen LogP contribution is 2.58. The zero-order valence-electron chi connectivity index (χ0n) is 12.1. The van der Waals surface area contributed by atoms with Crippen molar-refractivity contribution in [3.05, 3.63) is 16.3 Å². The van der Waals surface area contributed by atoms with Gasteiger partial charge in [-0.25, -0.2) is 9.89 Å². The minimum atomic E-state index is -0.137. The van der Waals surface area contributed by atoms with Crippen LogP contribution in [0.2, 0.25) is 0 Å². The van der Waals surface area contributed by atoms with E-state index in [0.717, 1.165) is 49.3 Å². The molecule has 0 amide bonds. The Morgan fingerprint density at radius 3 is 2.35 bits per heavy atom. The smallest absolute Gasteiger partial charge is 0.321 e. The average Bonchev–Trinajstić information content (AvgIpc) is 2.79.